The van der Waals surface area contributed by atoms with Crippen LogP contribution in [0.1, 0.15) is 30.1 Å². The van der Waals surface area contributed by atoms with Crippen molar-refractivity contribution in [2.24, 2.45) is 11.8 Å². The summed E-state index contributed by atoms with van der Waals surface area (Å²) in [7, 11) is 0. The Morgan fingerprint density at radius 3 is 2.18 bits per heavy atom. The van der Waals surface area contributed by atoms with Crippen molar-refractivity contribution in [3.05, 3.63) is 65.2 Å². The molecule has 0 unspecified atom stereocenters. The van der Waals surface area contributed by atoms with Crippen molar-refractivity contribution in [2.75, 3.05) is 19.6 Å². The van der Waals surface area contributed by atoms with E-state index in [9.17, 15) is 24.1 Å². The monoisotopic (exact) mass is 389 g/mol. The molecule has 0 spiro atoms. The number of hydrogen-bond donors (Lipinski definition) is 3. The molecule has 28 heavy (non-hydrogen) atoms. The Hall–Kier alpha value is -2.02. The zero-order chi connectivity index (χ0) is 19.9. The number of hydrogen-bond acceptors (Lipinski definition) is 4. The van der Waals surface area contributed by atoms with Crippen LogP contribution in [0.15, 0.2) is 42.5 Å². The average molecular weight is 389 g/mol. The van der Waals surface area contributed by atoms with Gasteiger partial charge in [-0.2, -0.15) is 0 Å². The van der Waals surface area contributed by atoms with Crippen molar-refractivity contribution < 1.29 is 24.1 Å². The molecule has 1 saturated heterocycles. The van der Waals surface area contributed by atoms with Gasteiger partial charge >= 0.3 is 0 Å². The highest BCUT2D eigenvalue weighted by atomic mass is 19.1. The minimum absolute atomic E-state index is 0.116. The Bertz CT molecular complexity index is 808. The van der Waals surface area contributed by atoms with Crippen molar-refractivity contribution >= 4 is 0 Å². The molecule has 1 aliphatic heterocycles. The van der Waals surface area contributed by atoms with Gasteiger partial charge in [0.25, 0.3) is 0 Å². The molecule has 0 aromatic heterocycles. The first-order chi connectivity index (χ1) is 13.3. The first kappa shape index (κ1) is 19.3. The van der Waals surface area contributed by atoms with Crippen molar-refractivity contribution in [1.82, 2.24) is 4.90 Å². The number of benzene rings is 2. The maximum Gasteiger partial charge on any atom is 0.187 e. The Balaban J connectivity index is 1.35. The molecule has 1 heterocycles. The normalized spacial score (nSPS) is 25.0. The lowest BCUT2D eigenvalue weighted by Crippen LogP contribution is -2.33. The summed E-state index contributed by atoms with van der Waals surface area (Å²) >= 11 is 0. The number of phenolic OH excluding ortho intramolecular Hbond substituents is 1. The second kappa shape index (κ2) is 7.43. The molecule has 2 fully saturated rings. The van der Waals surface area contributed by atoms with Gasteiger partial charge in [0.05, 0.1) is 11.7 Å². The molecule has 6 heteroatoms. The van der Waals surface area contributed by atoms with Gasteiger partial charge in [-0.25, -0.2) is 8.78 Å². The van der Waals surface area contributed by atoms with Crippen molar-refractivity contribution in [1.29, 1.82) is 0 Å². The summed E-state index contributed by atoms with van der Waals surface area (Å²) in [6.45, 7) is 1.78. The van der Waals surface area contributed by atoms with Crippen molar-refractivity contribution in [2.45, 2.75) is 31.0 Å². The number of halogens is 2. The van der Waals surface area contributed by atoms with Crippen LogP contribution < -0.4 is 0 Å². The Kier molecular flexibility index (Phi) is 5.12. The quantitative estimate of drug-likeness (QED) is 0.736. The Morgan fingerprint density at radius 2 is 1.61 bits per heavy atom. The van der Waals surface area contributed by atoms with E-state index in [1.54, 1.807) is 0 Å². The highest BCUT2D eigenvalue weighted by Gasteiger charge is 2.48. The molecular formula is C22H25F2NO3. The van der Waals surface area contributed by atoms with Gasteiger partial charge in [0.15, 0.2) is 17.4 Å². The van der Waals surface area contributed by atoms with E-state index < -0.39 is 29.1 Å². The number of rotatable bonds is 5. The Labute approximate surface area is 163 Å². The summed E-state index contributed by atoms with van der Waals surface area (Å²) in [6.07, 6.45) is 1.06. The first-order valence-electron chi connectivity index (χ1n) is 9.67. The molecule has 3 N–H and O–H groups in total. The van der Waals surface area contributed by atoms with Gasteiger partial charge in [0.2, 0.25) is 0 Å². The third-order valence-corrected chi connectivity index (χ3v) is 6.17. The lowest BCUT2D eigenvalue weighted by Gasteiger charge is -2.27. The van der Waals surface area contributed by atoms with Gasteiger partial charge in [-0.15, -0.1) is 0 Å². The van der Waals surface area contributed by atoms with Crippen molar-refractivity contribution in [3.63, 3.8) is 0 Å². The molecule has 3 atom stereocenters. The van der Waals surface area contributed by atoms with E-state index in [2.05, 4.69) is 4.90 Å². The summed E-state index contributed by atoms with van der Waals surface area (Å²) in [5, 5.41) is 30.6. The molecule has 2 aromatic carbocycles. The van der Waals surface area contributed by atoms with E-state index in [-0.39, 0.29) is 12.1 Å². The summed E-state index contributed by atoms with van der Waals surface area (Å²) in [4.78, 5) is 2.09. The molecule has 0 radical (unpaired) electrons. The number of β-amino-alcohol motifs (C(OH)–C–C–N with tert-alkyl or cyclic N) is 1. The predicted molar refractivity (Wildman–Crippen MR) is 101 cm³/mol. The van der Waals surface area contributed by atoms with Gasteiger partial charge in [-0.1, -0.05) is 30.3 Å². The van der Waals surface area contributed by atoms with Crippen LogP contribution in [-0.4, -0.2) is 45.5 Å². The molecule has 4 nitrogen and oxygen atoms in total. The van der Waals surface area contributed by atoms with Crippen LogP contribution in [0.25, 0.3) is 0 Å². The number of fused-ring (bicyclic) bond motifs is 1. The fourth-order valence-corrected chi connectivity index (χ4v) is 4.95. The molecule has 2 aromatic rings. The molecule has 0 bridgehead atoms. The molecule has 4 rings (SSSR count). The molecule has 1 saturated carbocycles. The highest BCUT2D eigenvalue weighted by molar-refractivity contribution is 5.31. The van der Waals surface area contributed by atoms with Crippen LogP contribution in [0, 0.1) is 23.5 Å². The van der Waals surface area contributed by atoms with Crippen LogP contribution in [0.5, 0.6) is 5.75 Å². The standard InChI is InChI=1S/C22H25F2NO3/c23-18-6-15(7-19(24)21(18)27)20(26)13-25-11-16-9-22(28,10-17(16)12-25)8-14-4-2-1-3-5-14/h1-7,16-17,20,26-28H,8-13H2/t16-,17-,20-/m0/s1. The average Bonchev–Trinajstić information content (AvgIpc) is 3.13. The second-order valence-electron chi connectivity index (χ2n) is 8.38. The number of aliphatic hydroxyl groups excluding tert-OH is 1. The van der Waals surface area contributed by atoms with Gasteiger partial charge in [-0.3, -0.25) is 4.90 Å². The minimum atomic E-state index is -1.07. The van der Waals surface area contributed by atoms with E-state index in [1.165, 1.54) is 0 Å². The lowest BCUT2D eigenvalue weighted by atomic mass is 9.91. The van der Waals surface area contributed by atoms with Crippen LogP contribution in [0.3, 0.4) is 0 Å². The van der Waals surface area contributed by atoms with E-state index in [0.29, 0.717) is 18.3 Å². The van der Waals surface area contributed by atoms with Gasteiger partial charge in [-0.05, 0) is 47.9 Å². The summed E-state index contributed by atoms with van der Waals surface area (Å²) < 4.78 is 27.0. The van der Waals surface area contributed by atoms with E-state index in [1.807, 2.05) is 30.3 Å². The van der Waals surface area contributed by atoms with Gasteiger partial charge in [0, 0.05) is 26.1 Å². The van der Waals surface area contributed by atoms with Crippen LogP contribution in [-0.2, 0) is 6.42 Å². The van der Waals surface area contributed by atoms with Gasteiger partial charge in [0.1, 0.15) is 0 Å². The Morgan fingerprint density at radius 1 is 1.04 bits per heavy atom. The third-order valence-electron chi connectivity index (χ3n) is 6.17. The number of aromatic hydroxyl groups is 1. The summed E-state index contributed by atoms with van der Waals surface area (Å²) in [6, 6.07) is 11.9. The fraction of sp³-hybridized carbons (Fsp3) is 0.455. The number of nitrogens with zero attached hydrogens (tertiary/aromatic N) is 1. The fourth-order valence-electron chi connectivity index (χ4n) is 4.95. The first-order valence-corrected chi connectivity index (χ1v) is 9.67. The third kappa shape index (κ3) is 3.90. The number of phenols is 1. The molecule has 0 amide bonds. The molecule has 2 aliphatic rings. The van der Waals surface area contributed by atoms with Gasteiger partial charge < -0.3 is 15.3 Å². The summed E-state index contributed by atoms with van der Waals surface area (Å²) in [5.74, 6) is -2.45. The van der Waals surface area contributed by atoms with Crippen LogP contribution in [0.2, 0.25) is 0 Å². The zero-order valence-electron chi connectivity index (χ0n) is 15.6. The molecular weight excluding hydrogens is 364 g/mol. The van der Waals surface area contributed by atoms with Crippen LogP contribution in [0.4, 0.5) is 8.78 Å². The molecule has 1 aliphatic carbocycles. The van der Waals surface area contributed by atoms with E-state index in [4.69, 9.17) is 0 Å². The number of likely N-dealkylation sites (tertiary alicyclic amines) is 1. The SMILES string of the molecule is Oc1c(F)cc([C@@H](O)CN2C[C@@H]3CC(O)(Cc4ccccc4)C[C@H]3C2)cc1F. The number of aliphatic hydroxyl groups is 2. The van der Waals surface area contributed by atoms with Crippen molar-refractivity contribution in [3.8, 4) is 5.75 Å². The topological polar surface area (TPSA) is 63.9 Å². The largest absolute Gasteiger partial charge is 0.503 e. The maximum atomic E-state index is 13.5. The predicted octanol–water partition coefficient (Wildman–Crippen LogP) is 3.02. The highest BCUT2D eigenvalue weighted by Crippen LogP contribution is 2.45. The smallest absolute Gasteiger partial charge is 0.187 e. The van der Waals surface area contributed by atoms with Crippen LogP contribution >= 0.6 is 0 Å². The molecule has 150 valence electrons. The minimum Gasteiger partial charge on any atom is -0.503 e. The lowest BCUT2D eigenvalue weighted by molar-refractivity contribution is 0.0328. The van der Waals surface area contributed by atoms with E-state index >= 15 is 0 Å². The maximum absolute atomic E-state index is 13.5. The zero-order valence-corrected chi connectivity index (χ0v) is 15.6. The summed E-state index contributed by atoms with van der Waals surface area (Å²) in [5.41, 5.74) is 0.559. The second-order valence-corrected chi connectivity index (χ2v) is 8.38. The van der Waals surface area contributed by atoms with E-state index in [0.717, 1.165) is 43.6 Å².